The highest BCUT2D eigenvalue weighted by Gasteiger charge is 2.31. The maximum atomic E-state index is 12.8. The fourth-order valence-corrected chi connectivity index (χ4v) is 5.63. The monoisotopic (exact) mass is 394 g/mol. The summed E-state index contributed by atoms with van der Waals surface area (Å²) in [5.41, 5.74) is 8.02. The van der Waals surface area contributed by atoms with Crippen molar-refractivity contribution in [3.8, 4) is 0 Å². The lowest BCUT2D eigenvalue weighted by Gasteiger charge is -2.33. The summed E-state index contributed by atoms with van der Waals surface area (Å²) in [5, 5.41) is 0. The molecule has 1 saturated carbocycles. The number of nitrogens with zero attached hydrogens (tertiary/aromatic N) is 2. The average Bonchev–Trinajstić information content (AvgIpc) is 3.17. The molecule has 27 heavy (non-hydrogen) atoms. The number of rotatable bonds is 8. The Morgan fingerprint density at radius 2 is 1.74 bits per heavy atom. The quantitative estimate of drug-likeness (QED) is 0.712. The Bertz CT molecular complexity index is 676. The minimum absolute atomic E-state index is 0.165. The predicted octanol–water partition coefficient (Wildman–Crippen LogP) is 2.82. The second kappa shape index (κ2) is 9.47. The van der Waals surface area contributed by atoms with Crippen LogP contribution in [0.3, 0.4) is 0 Å². The predicted molar refractivity (Wildman–Crippen MR) is 109 cm³/mol. The summed E-state index contributed by atoms with van der Waals surface area (Å²) in [6, 6.07) is 11.3. The van der Waals surface area contributed by atoms with Crippen molar-refractivity contribution in [1.29, 1.82) is 0 Å². The van der Waals surface area contributed by atoms with Crippen LogP contribution < -0.4 is 10.9 Å². The van der Waals surface area contributed by atoms with Crippen LogP contribution in [0.2, 0.25) is 0 Å². The van der Waals surface area contributed by atoms with E-state index < -0.39 is 10.2 Å². The van der Waals surface area contributed by atoms with Crippen molar-refractivity contribution in [2.45, 2.75) is 69.5 Å². The van der Waals surface area contributed by atoms with Gasteiger partial charge in [0.05, 0.1) is 0 Å². The van der Waals surface area contributed by atoms with Crippen LogP contribution in [0.25, 0.3) is 0 Å². The second-order valence-electron chi connectivity index (χ2n) is 7.96. The first-order chi connectivity index (χ1) is 13.0. The zero-order valence-electron chi connectivity index (χ0n) is 16.6. The molecule has 152 valence electrons. The van der Waals surface area contributed by atoms with Crippen LogP contribution in [0.1, 0.15) is 63.0 Å². The lowest BCUT2D eigenvalue weighted by Crippen LogP contribution is -2.46. The Labute approximate surface area is 164 Å². The molecule has 2 fully saturated rings. The summed E-state index contributed by atoms with van der Waals surface area (Å²) in [4.78, 5) is 0. The third-order valence-electron chi connectivity index (χ3n) is 6.06. The molecule has 1 heterocycles. The van der Waals surface area contributed by atoms with Crippen molar-refractivity contribution in [1.82, 2.24) is 19.5 Å². The van der Waals surface area contributed by atoms with E-state index in [4.69, 9.17) is 0 Å². The van der Waals surface area contributed by atoms with Crippen molar-refractivity contribution in [2.75, 3.05) is 20.6 Å². The molecule has 0 spiro atoms. The van der Waals surface area contributed by atoms with Crippen LogP contribution in [-0.2, 0) is 10.2 Å². The molecule has 2 atom stereocenters. The molecule has 6 nitrogen and oxygen atoms in total. The fourth-order valence-electron chi connectivity index (χ4n) is 4.24. The highest BCUT2D eigenvalue weighted by atomic mass is 32.2. The number of hydrazine groups is 1. The smallest absolute Gasteiger partial charge is 0.254 e. The number of nitrogens with one attached hydrogen (secondary N) is 2. The Morgan fingerprint density at radius 1 is 1.04 bits per heavy atom. The molecule has 1 aliphatic carbocycles. The molecular formula is C20H34N4O2S. The van der Waals surface area contributed by atoms with Crippen LogP contribution in [0.15, 0.2) is 30.3 Å². The summed E-state index contributed by atoms with van der Waals surface area (Å²) in [6.07, 6.45) is 8.33. The minimum atomic E-state index is -3.36. The standard InChI is InChI=1S/C20H34N4O2S/c1-23(27(25,26)24(2)19-13-7-4-8-14-19)15-9-12-18-16-20(22-21-18)17-10-5-3-6-11-17/h3,5-6,10-11,18-22H,4,7-9,12-16H2,1-2H3. The topological polar surface area (TPSA) is 64.7 Å². The summed E-state index contributed by atoms with van der Waals surface area (Å²) < 4.78 is 28.8. The van der Waals surface area contributed by atoms with Gasteiger partial charge in [-0.1, -0.05) is 49.6 Å². The molecule has 2 unspecified atom stereocenters. The summed E-state index contributed by atoms with van der Waals surface area (Å²) in [5.74, 6) is 0. The van der Waals surface area contributed by atoms with Gasteiger partial charge in [-0.05, 0) is 37.7 Å². The van der Waals surface area contributed by atoms with E-state index >= 15 is 0 Å². The van der Waals surface area contributed by atoms with Crippen LogP contribution in [0, 0.1) is 0 Å². The second-order valence-corrected chi connectivity index (χ2v) is 10.1. The Balaban J connectivity index is 1.43. The third-order valence-corrected chi connectivity index (χ3v) is 8.05. The molecule has 1 aromatic rings. The lowest BCUT2D eigenvalue weighted by molar-refractivity contribution is 0.267. The van der Waals surface area contributed by atoms with Gasteiger partial charge in [0.2, 0.25) is 0 Å². The Hall–Kier alpha value is -0.990. The van der Waals surface area contributed by atoms with Gasteiger partial charge < -0.3 is 0 Å². The molecule has 7 heteroatoms. The molecule has 2 aliphatic rings. The van der Waals surface area contributed by atoms with E-state index in [1.54, 1.807) is 18.4 Å². The Kier molecular flexibility index (Phi) is 7.28. The number of hydrogen-bond donors (Lipinski definition) is 2. The molecule has 0 bridgehead atoms. The highest BCUT2D eigenvalue weighted by Crippen LogP contribution is 2.26. The largest absolute Gasteiger partial charge is 0.281 e. The van der Waals surface area contributed by atoms with Gasteiger partial charge in [-0.25, -0.2) is 0 Å². The highest BCUT2D eigenvalue weighted by molar-refractivity contribution is 7.86. The van der Waals surface area contributed by atoms with Gasteiger partial charge in [0.1, 0.15) is 0 Å². The zero-order valence-corrected chi connectivity index (χ0v) is 17.4. The summed E-state index contributed by atoms with van der Waals surface area (Å²) in [6.45, 7) is 0.563. The summed E-state index contributed by atoms with van der Waals surface area (Å²) >= 11 is 0. The molecule has 2 N–H and O–H groups in total. The first-order valence-electron chi connectivity index (χ1n) is 10.2. The summed E-state index contributed by atoms with van der Waals surface area (Å²) in [7, 11) is 0.0973. The minimum Gasteiger partial charge on any atom is -0.254 e. The van der Waals surface area contributed by atoms with E-state index in [1.807, 2.05) is 6.07 Å². The van der Waals surface area contributed by atoms with Gasteiger partial charge in [0.15, 0.2) is 0 Å². The van der Waals surface area contributed by atoms with Crippen molar-refractivity contribution in [3.05, 3.63) is 35.9 Å². The Morgan fingerprint density at radius 3 is 2.44 bits per heavy atom. The van der Waals surface area contributed by atoms with Gasteiger partial charge in [0.25, 0.3) is 10.2 Å². The molecule has 1 aromatic carbocycles. The zero-order chi connectivity index (χ0) is 19.3. The molecule has 0 radical (unpaired) electrons. The average molecular weight is 395 g/mol. The molecule has 0 amide bonds. The van der Waals surface area contributed by atoms with Crippen LogP contribution in [-0.4, -0.2) is 49.8 Å². The number of benzene rings is 1. The van der Waals surface area contributed by atoms with E-state index in [-0.39, 0.29) is 6.04 Å². The van der Waals surface area contributed by atoms with Crippen molar-refractivity contribution in [3.63, 3.8) is 0 Å². The molecule has 1 aliphatic heterocycles. The van der Waals surface area contributed by atoms with Crippen LogP contribution in [0.5, 0.6) is 0 Å². The van der Waals surface area contributed by atoms with Gasteiger partial charge in [-0.15, -0.1) is 0 Å². The lowest BCUT2D eigenvalue weighted by atomic mass is 9.96. The maximum Gasteiger partial charge on any atom is 0.281 e. The SMILES string of the molecule is CN(CCCC1CC(c2ccccc2)NN1)S(=O)(=O)N(C)C1CCCCC1. The van der Waals surface area contributed by atoms with Crippen molar-refractivity contribution >= 4 is 10.2 Å². The van der Waals surface area contributed by atoms with Gasteiger partial charge in [0, 0.05) is 38.8 Å². The van der Waals surface area contributed by atoms with Gasteiger partial charge in [-0.3, -0.25) is 10.9 Å². The van der Waals surface area contributed by atoms with E-state index in [0.29, 0.717) is 18.6 Å². The van der Waals surface area contributed by atoms with Crippen molar-refractivity contribution in [2.24, 2.45) is 0 Å². The maximum absolute atomic E-state index is 12.8. The van der Waals surface area contributed by atoms with Crippen LogP contribution >= 0.6 is 0 Å². The molecule has 0 aromatic heterocycles. The van der Waals surface area contributed by atoms with E-state index in [1.165, 1.54) is 16.3 Å². The van der Waals surface area contributed by atoms with Gasteiger partial charge >= 0.3 is 0 Å². The fraction of sp³-hybridized carbons (Fsp3) is 0.700. The first kappa shape index (κ1) is 20.7. The van der Waals surface area contributed by atoms with E-state index in [0.717, 1.165) is 44.9 Å². The van der Waals surface area contributed by atoms with E-state index in [9.17, 15) is 8.42 Å². The molecular weight excluding hydrogens is 360 g/mol. The molecule has 3 rings (SSSR count). The van der Waals surface area contributed by atoms with Crippen LogP contribution in [0.4, 0.5) is 0 Å². The molecule has 1 saturated heterocycles. The number of hydrogen-bond acceptors (Lipinski definition) is 4. The van der Waals surface area contributed by atoms with Gasteiger partial charge in [-0.2, -0.15) is 17.0 Å². The first-order valence-corrected chi connectivity index (χ1v) is 11.6. The third kappa shape index (κ3) is 5.29. The normalized spacial score (nSPS) is 24.7. The van der Waals surface area contributed by atoms with E-state index in [2.05, 4.69) is 35.1 Å². The van der Waals surface area contributed by atoms with Crippen molar-refractivity contribution < 1.29 is 8.42 Å².